The van der Waals surface area contributed by atoms with Crippen LogP contribution in [-0.4, -0.2) is 35.8 Å². The van der Waals surface area contributed by atoms with Gasteiger partial charge in [-0.25, -0.2) is 0 Å². The number of nitrogens with one attached hydrogen (secondary N) is 1. The van der Waals surface area contributed by atoms with Crippen LogP contribution in [0.25, 0.3) is 0 Å². The average Bonchev–Trinajstić information content (AvgIpc) is 3.11. The van der Waals surface area contributed by atoms with Gasteiger partial charge in [-0.15, -0.1) is 0 Å². The van der Waals surface area contributed by atoms with Crippen LogP contribution in [0, 0.1) is 0 Å². The number of anilines is 1. The molecule has 20 heavy (non-hydrogen) atoms. The van der Waals surface area contributed by atoms with Gasteiger partial charge in [0.05, 0.1) is 13.1 Å². The Kier molecular flexibility index (Phi) is 4.57. The van der Waals surface area contributed by atoms with E-state index in [0.717, 1.165) is 18.4 Å². The van der Waals surface area contributed by atoms with E-state index in [0.29, 0.717) is 18.3 Å². The van der Waals surface area contributed by atoms with Crippen molar-refractivity contribution in [3.05, 3.63) is 29.8 Å². The quantitative estimate of drug-likeness (QED) is 0.602. The molecule has 2 rings (SSSR count). The summed E-state index contributed by atoms with van der Waals surface area (Å²) < 4.78 is 0. The molecule has 0 saturated heterocycles. The molecular formula is C14H20N4O2. The molecule has 1 aliphatic rings. The van der Waals surface area contributed by atoms with Crippen LogP contribution in [0.1, 0.15) is 18.4 Å². The Morgan fingerprint density at radius 2 is 2.05 bits per heavy atom. The standard InChI is InChI=1S/C14H20N4O2/c15-11-3-1-2-10(6-11)7-18(8-13(16)19)9-14(20)17-12-4-5-12/h1-3,6,12H,4-5,7-9,15H2,(H2,16,19)(H,17,20). The average molecular weight is 276 g/mol. The largest absolute Gasteiger partial charge is 0.399 e. The Labute approximate surface area is 118 Å². The number of rotatable bonds is 7. The predicted octanol–water partition coefficient (Wildman–Crippen LogP) is -0.165. The van der Waals surface area contributed by atoms with E-state index in [1.54, 1.807) is 11.0 Å². The molecule has 0 heterocycles. The number of benzene rings is 1. The van der Waals surface area contributed by atoms with Gasteiger partial charge >= 0.3 is 0 Å². The van der Waals surface area contributed by atoms with Crippen LogP contribution in [0.4, 0.5) is 5.69 Å². The molecule has 1 saturated carbocycles. The summed E-state index contributed by atoms with van der Waals surface area (Å²) >= 11 is 0. The van der Waals surface area contributed by atoms with E-state index in [1.807, 2.05) is 18.2 Å². The number of nitrogen functional groups attached to an aromatic ring is 1. The fourth-order valence-electron chi connectivity index (χ4n) is 2.04. The smallest absolute Gasteiger partial charge is 0.234 e. The highest BCUT2D eigenvalue weighted by Crippen LogP contribution is 2.18. The minimum Gasteiger partial charge on any atom is -0.399 e. The van der Waals surface area contributed by atoms with Gasteiger partial charge in [-0.3, -0.25) is 14.5 Å². The summed E-state index contributed by atoms with van der Waals surface area (Å²) in [7, 11) is 0. The topological polar surface area (TPSA) is 101 Å². The van der Waals surface area contributed by atoms with Crippen molar-refractivity contribution in [3.63, 3.8) is 0 Å². The van der Waals surface area contributed by atoms with Gasteiger partial charge in [-0.1, -0.05) is 12.1 Å². The summed E-state index contributed by atoms with van der Waals surface area (Å²) in [5.41, 5.74) is 12.6. The summed E-state index contributed by atoms with van der Waals surface area (Å²) in [6.07, 6.45) is 2.08. The number of hydrogen-bond donors (Lipinski definition) is 3. The first-order chi connectivity index (χ1) is 9.52. The van der Waals surface area contributed by atoms with E-state index in [9.17, 15) is 9.59 Å². The molecule has 0 aliphatic heterocycles. The molecule has 0 aromatic heterocycles. The van der Waals surface area contributed by atoms with Gasteiger partial charge in [0.15, 0.2) is 0 Å². The van der Waals surface area contributed by atoms with Crippen LogP contribution >= 0.6 is 0 Å². The van der Waals surface area contributed by atoms with Crippen molar-refractivity contribution in [2.45, 2.75) is 25.4 Å². The molecule has 6 nitrogen and oxygen atoms in total. The minimum absolute atomic E-state index is 0.0485. The van der Waals surface area contributed by atoms with Crippen LogP contribution in [0.2, 0.25) is 0 Å². The number of nitrogens with zero attached hydrogens (tertiary/aromatic N) is 1. The highest BCUT2D eigenvalue weighted by atomic mass is 16.2. The molecule has 2 amide bonds. The molecule has 108 valence electrons. The number of carbonyl (C=O) groups excluding carboxylic acids is 2. The van der Waals surface area contributed by atoms with Gasteiger partial charge < -0.3 is 16.8 Å². The molecule has 5 N–H and O–H groups in total. The first-order valence-corrected chi connectivity index (χ1v) is 6.67. The number of carbonyl (C=O) groups is 2. The second-order valence-electron chi connectivity index (χ2n) is 5.20. The fraction of sp³-hybridized carbons (Fsp3) is 0.429. The Morgan fingerprint density at radius 3 is 2.65 bits per heavy atom. The van der Waals surface area contributed by atoms with E-state index in [2.05, 4.69) is 5.32 Å². The normalized spacial score (nSPS) is 14.2. The Hall–Kier alpha value is -2.08. The lowest BCUT2D eigenvalue weighted by Crippen LogP contribution is -2.41. The molecule has 1 aliphatic carbocycles. The molecule has 0 atom stereocenters. The predicted molar refractivity (Wildman–Crippen MR) is 76.5 cm³/mol. The number of nitrogens with two attached hydrogens (primary N) is 2. The highest BCUT2D eigenvalue weighted by Gasteiger charge is 2.24. The van der Waals surface area contributed by atoms with Crippen LogP contribution < -0.4 is 16.8 Å². The first kappa shape index (κ1) is 14.3. The first-order valence-electron chi connectivity index (χ1n) is 6.67. The third-order valence-corrected chi connectivity index (χ3v) is 3.05. The lowest BCUT2D eigenvalue weighted by Gasteiger charge is -2.20. The second-order valence-corrected chi connectivity index (χ2v) is 5.20. The molecule has 6 heteroatoms. The van der Waals surface area contributed by atoms with E-state index in [4.69, 9.17) is 11.5 Å². The lowest BCUT2D eigenvalue weighted by molar-refractivity contribution is -0.124. The second kappa shape index (κ2) is 6.38. The van der Waals surface area contributed by atoms with Gasteiger partial charge in [-0.2, -0.15) is 0 Å². The maximum Gasteiger partial charge on any atom is 0.234 e. The zero-order valence-corrected chi connectivity index (χ0v) is 11.3. The maximum absolute atomic E-state index is 11.8. The molecule has 0 unspecified atom stereocenters. The van der Waals surface area contributed by atoms with Crippen LogP contribution in [0.5, 0.6) is 0 Å². The lowest BCUT2D eigenvalue weighted by atomic mass is 10.2. The van der Waals surface area contributed by atoms with Crippen molar-refractivity contribution >= 4 is 17.5 Å². The molecule has 1 fully saturated rings. The number of amides is 2. The summed E-state index contributed by atoms with van der Waals surface area (Å²) in [6.45, 7) is 0.674. The van der Waals surface area contributed by atoms with Crippen molar-refractivity contribution in [3.8, 4) is 0 Å². The number of hydrogen-bond acceptors (Lipinski definition) is 4. The van der Waals surface area contributed by atoms with E-state index in [-0.39, 0.29) is 19.0 Å². The number of primary amides is 1. The molecular weight excluding hydrogens is 256 g/mol. The van der Waals surface area contributed by atoms with Gasteiger partial charge in [-0.05, 0) is 30.5 Å². The third kappa shape index (κ3) is 4.89. The van der Waals surface area contributed by atoms with Gasteiger partial charge in [0.1, 0.15) is 0 Å². The fourth-order valence-corrected chi connectivity index (χ4v) is 2.04. The Morgan fingerprint density at radius 1 is 1.30 bits per heavy atom. The zero-order valence-electron chi connectivity index (χ0n) is 11.3. The summed E-state index contributed by atoms with van der Waals surface area (Å²) in [6, 6.07) is 7.68. The van der Waals surface area contributed by atoms with Crippen molar-refractivity contribution in [2.24, 2.45) is 5.73 Å². The van der Waals surface area contributed by atoms with E-state index < -0.39 is 5.91 Å². The van der Waals surface area contributed by atoms with Crippen LogP contribution in [-0.2, 0) is 16.1 Å². The highest BCUT2D eigenvalue weighted by molar-refractivity contribution is 5.80. The Bertz CT molecular complexity index is 500. The molecule has 1 aromatic rings. The minimum atomic E-state index is -0.451. The van der Waals surface area contributed by atoms with Crippen molar-refractivity contribution < 1.29 is 9.59 Å². The van der Waals surface area contributed by atoms with Gasteiger partial charge in [0, 0.05) is 18.3 Å². The third-order valence-electron chi connectivity index (χ3n) is 3.05. The van der Waals surface area contributed by atoms with Crippen LogP contribution in [0.3, 0.4) is 0 Å². The molecule has 0 radical (unpaired) electrons. The van der Waals surface area contributed by atoms with Crippen LogP contribution in [0.15, 0.2) is 24.3 Å². The van der Waals surface area contributed by atoms with Crippen molar-refractivity contribution in [1.82, 2.24) is 10.2 Å². The molecule has 0 spiro atoms. The summed E-state index contributed by atoms with van der Waals surface area (Å²) in [5, 5.41) is 2.90. The SMILES string of the molecule is NC(=O)CN(CC(=O)NC1CC1)Cc1cccc(N)c1. The van der Waals surface area contributed by atoms with Gasteiger partial charge in [0.2, 0.25) is 11.8 Å². The van der Waals surface area contributed by atoms with E-state index in [1.165, 1.54) is 0 Å². The zero-order chi connectivity index (χ0) is 14.5. The molecule has 1 aromatic carbocycles. The van der Waals surface area contributed by atoms with E-state index >= 15 is 0 Å². The van der Waals surface area contributed by atoms with Gasteiger partial charge in [0.25, 0.3) is 0 Å². The maximum atomic E-state index is 11.8. The van der Waals surface area contributed by atoms with Crippen molar-refractivity contribution in [1.29, 1.82) is 0 Å². The monoisotopic (exact) mass is 276 g/mol. The van der Waals surface area contributed by atoms with Crippen molar-refractivity contribution in [2.75, 3.05) is 18.8 Å². The molecule has 0 bridgehead atoms. The summed E-state index contributed by atoms with van der Waals surface area (Å²) in [5.74, 6) is -0.522. The Balaban J connectivity index is 1.94. The summed E-state index contributed by atoms with van der Waals surface area (Å²) in [4.78, 5) is 24.6.